The summed E-state index contributed by atoms with van der Waals surface area (Å²) in [7, 11) is -5.33. The first kappa shape index (κ1) is 14.5. The molecule has 6 nitrogen and oxygen atoms in total. The number of alkyl halides is 3. The van der Waals surface area contributed by atoms with Gasteiger partial charge in [-0.25, -0.2) is 0 Å². The van der Waals surface area contributed by atoms with Gasteiger partial charge in [0.25, 0.3) is 15.7 Å². The van der Waals surface area contributed by atoms with Gasteiger partial charge in [0.15, 0.2) is 4.90 Å². The van der Waals surface area contributed by atoms with Gasteiger partial charge in [-0.3, -0.25) is 13.9 Å². The molecule has 0 saturated heterocycles. The maximum absolute atomic E-state index is 12.5. The van der Waals surface area contributed by atoms with Crippen LogP contribution in [0.15, 0.2) is 15.8 Å². The van der Waals surface area contributed by atoms with Crippen LogP contribution in [0.3, 0.4) is 0 Å². The number of hydrogen-bond acceptors (Lipinski definition) is 4. The molecule has 0 aliphatic carbocycles. The Labute approximate surface area is 99.0 Å². The Morgan fingerprint density at radius 1 is 1.39 bits per heavy atom. The highest BCUT2D eigenvalue weighted by Gasteiger charge is 2.40. The van der Waals surface area contributed by atoms with E-state index in [0.717, 1.165) is 0 Å². The molecule has 0 aromatic carbocycles. The third-order valence-corrected chi connectivity index (χ3v) is 3.04. The Hall–Kier alpha value is -1.55. The Bertz CT molecular complexity index is 631. The van der Waals surface area contributed by atoms with E-state index < -0.39 is 38.2 Å². The molecule has 0 saturated carbocycles. The molecule has 0 aliphatic heterocycles. The van der Waals surface area contributed by atoms with Gasteiger partial charge in [0.2, 0.25) is 5.88 Å². The number of aromatic nitrogens is 1. The van der Waals surface area contributed by atoms with Crippen molar-refractivity contribution in [3.63, 3.8) is 0 Å². The van der Waals surface area contributed by atoms with E-state index >= 15 is 0 Å². The fourth-order valence-electron chi connectivity index (χ4n) is 1.38. The van der Waals surface area contributed by atoms with Crippen molar-refractivity contribution in [1.82, 2.24) is 4.57 Å². The van der Waals surface area contributed by atoms with Crippen molar-refractivity contribution in [2.75, 3.05) is 0 Å². The molecule has 2 N–H and O–H groups in total. The second-order valence-electron chi connectivity index (χ2n) is 3.27. The molecule has 1 aromatic heterocycles. The zero-order chi connectivity index (χ0) is 14.3. The van der Waals surface area contributed by atoms with Crippen molar-refractivity contribution in [2.24, 2.45) is 0 Å². The van der Waals surface area contributed by atoms with E-state index in [-0.39, 0.29) is 12.6 Å². The number of nitrogens with zero attached hydrogens (tertiary/aromatic N) is 1. The van der Waals surface area contributed by atoms with E-state index in [1.807, 2.05) is 0 Å². The summed E-state index contributed by atoms with van der Waals surface area (Å²) in [5.41, 5.74) is -3.13. The maximum Gasteiger partial charge on any atom is 0.418 e. The highest BCUT2D eigenvalue weighted by Crippen LogP contribution is 2.37. The van der Waals surface area contributed by atoms with E-state index in [1.165, 1.54) is 6.92 Å². The molecule has 18 heavy (non-hydrogen) atoms. The molecule has 1 rings (SSSR count). The Balaban J connectivity index is 3.92. The average molecular weight is 287 g/mol. The first-order valence-corrected chi connectivity index (χ1v) is 5.95. The molecule has 102 valence electrons. The minimum atomic E-state index is -5.33. The van der Waals surface area contributed by atoms with Crippen LogP contribution in [-0.4, -0.2) is 22.6 Å². The van der Waals surface area contributed by atoms with Crippen LogP contribution in [0.5, 0.6) is 5.88 Å². The molecular weight excluding hydrogens is 279 g/mol. The molecule has 0 radical (unpaired) electrons. The molecular formula is C8H8F3NO5S. The predicted molar refractivity (Wildman–Crippen MR) is 52.9 cm³/mol. The summed E-state index contributed by atoms with van der Waals surface area (Å²) < 4.78 is 68.5. The average Bonchev–Trinajstić information content (AvgIpc) is 2.13. The number of aromatic hydroxyl groups is 1. The summed E-state index contributed by atoms with van der Waals surface area (Å²) in [6.07, 6.45) is -5.20. The lowest BCUT2D eigenvalue weighted by molar-refractivity contribution is -0.140. The van der Waals surface area contributed by atoms with Gasteiger partial charge < -0.3 is 5.11 Å². The lowest BCUT2D eigenvalue weighted by Crippen LogP contribution is -2.25. The van der Waals surface area contributed by atoms with Gasteiger partial charge in [0.05, 0.1) is 5.56 Å². The second kappa shape index (κ2) is 4.28. The van der Waals surface area contributed by atoms with Crippen LogP contribution < -0.4 is 5.56 Å². The first-order chi connectivity index (χ1) is 8.00. The molecule has 1 heterocycles. The Morgan fingerprint density at radius 2 is 1.89 bits per heavy atom. The zero-order valence-electron chi connectivity index (χ0n) is 8.89. The molecule has 0 aliphatic rings. The van der Waals surface area contributed by atoms with Gasteiger partial charge >= 0.3 is 6.18 Å². The van der Waals surface area contributed by atoms with Gasteiger partial charge in [-0.15, -0.1) is 0 Å². The molecule has 0 unspecified atom stereocenters. The van der Waals surface area contributed by atoms with Crippen molar-refractivity contribution in [3.8, 4) is 5.88 Å². The summed E-state index contributed by atoms with van der Waals surface area (Å²) in [5, 5.41) is 9.37. The molecule has 0 fully saturated rings. The minimum Gasteiger partial charge on any atom is -0.493 e. The van der Waals surface area contributed by atoms with Gasteiger partial charge in [-0.1, -0.05) is 0 Å². The smallest absolute Gasteiger partial charge is 0.418 e. The molecule has 1 aromatic rings. The van der Waals surface area contributed by atoms with E-state index in [1.54, 1.807) is 0 Å². The summed E-state index contributed by atoms with van der Waals surface area (Å²) in [6.45, 7) is 1.05. The van der Waals surface area contributed by atoms with Crippen molar-refractivity contribution in [3.05, 3.63) is 22.0 Å². The van der Waals surface area contributed by atoms with E-state index in [9.17, 15) is 31.5 Å². The Morgan fingerprint density at radius 3 is 2.22 bits per heavy atom. The summed E-state index contributed by atoms with van der Waals surface area (Å²) in [5.74, 6) is -1.44. The summed E-state index contributed by atoms with van der Waals surface area (Å²) in [6, 6.07) is 0.00627. The van der Waals surface area contributed by atoms with Crippen molar-refractivity contribution in [2.45, 2.75) is 24.5 Å². The highest BCUT2D eigenvalue weighted by molar-refractivity contribution is 7.86. The minimum absolute atomic E-state index is 0.00627. The van der Waals surface area contributed by atoms with Crippen LogP contribution >= 0.6 is 0 Å². The standard InChI is InChI=1S/C8H8F3NO5S/c1-2-12-5(13)3-4(8(9,10)11)6(7(12)14)18(15,16)17/h3,14H,2H2,1H3,(H,15,16,17). The third-order valence-electron chi connectivity index (χ3n) is 2.12. The van der Waals surface area contributed by atoms with Crippen LogP contribution in [0.4, 0.5) is 13.2 Å². The van der Waals surface area contributed by atoms with Crippen molar-refractivity contribution >= 4 is 10.1 Å². The van der Waals surface area contributed by atoms with Gasteiger partial charge in [-0.05, 0) is 6.92 Å². The van der Waals surface area contributed by atoms with Crippen LogP contribution in [0.2, 0.25) is 0 Å². The normalized spacial score (nSPS) is 12.7. The van der Waals surface area contributed by atoms with Crippen molar-refractivity contribution in [1.29, 1.82) is 0 Å². The molecule has 0 atom stereocenters. The largest absolute Gasteiger partial charge is 0.493 e. The fourth-order valence-corrected chi connectivity index (χ4v) is 2.18. The lowest BCUT2D eigenvalue weighted by Gasteiger charge is -2.14. The van der Waals surface area contributed by atoms with Crippen LogP contribution in [0.25, 0.3) is 0 Å². The second-order valence-corrected chi connectivity index (χ2v) is 4.62. The first-order valence-electron chi connectivity index (χ1n) is 4.51. The monoisotopic (exact) mass is 287 g/mol. The van der Waals surface area contributed by atoms with E-state index in [0.29, 0.717) is 4.57 Å². The quantitative estimate of drug-likeness (QED) is 0.786. The maximum atomic E-state index is 12.5. The highest BCUT2D eigenvalue weighted by atomic mass is 32.2. The van der Waals surface area contributed by atoms with E-state index in [4.69, 9.17) is 4.55 Å². The van der Waals surface area contributed by atoms with Crippen LogP contribution in [-0.2, 0) is 22.8 Å². The zero-order valence-corrected chi connectivity index (χ0v) is 9.71. The number of halogens is 3. The molecule has 10 heteroatoms. The van der Waals surface area contributed by atoms with Gasteiger partial charge in [-0.2, -0.15) is 21.6 Å². The Kier molecular flexibility index (Phi) is 3.45. The van der Waals surface area contributed by atoms with Gasteiger partial charge in [0, 0.05) is 12.6 Å². The van der Waals surface area contributed by atoms with Crippen LogP contribution in [0, 0.1) is 0 Å². The van der Waals surface area contributed by atoms with Crippen molar-refractivity contribution < 1.29 is 31.2 Å². The number of rotatable bonds is 2. The number of hydrogen-bond donors (Lipinski definition) is 2. The predicted octanol–water partition coefficient (Wildman–Crippen LogP) is 0.839. The third kappa shape index (κ3) is 2.48. The molecule has 0 bridgehead atoms. The number of pyridine rings is 1. The molecule has 0 amide bonds. The van der Waals surface area contributed by atoms with Gasteiger partial charge in [0.1, 0.15) is 0 Å². The van der Waals surface area contributed by atoms with E-state index in [2.05, 4.69) is 0 Å². The molecule has 0 spiro atoms. The SMILES string of the molecule is CCn1c(O)c(S(=O)(=O)O)c(C(F)(F)F)cc1=O. The summed E-state index contributed by atoms with van der Waals surface area (Å²) >= 11 is 0. The fraction of sp³-hybridized carbons (Fsp3) is 0.375. The topological polar surface area (TPSA) is 96.6 Å². The summed E-state index contributed by atoms with van der Waals surface area (Å²) in [4.78, 5) is 9.52. The lowest BCUT2D eigenvalue weighted by atomic mass is 10.2. The van der Waals surface area contributed by atoms with Crippen LogP contribution in [0.1, 0.15) is 12.5 Å².